The number of nitrogens with zero attached hydrogens (tertiary/aromatic N) is 1. The Hall–Kier alpha value is -1.81. The molecule has 4 nitrogen and oxygen atoms in total. The summed E-state index contributed by atoms with van der Waals surface area (Å²) in [5.74, 6) is 1.86. The number of aromatic amines is 1. The molecule has 0 bridgehead atoms. The van der Waals surface area contributed by atoms with Crippen LogP contribution in [0.4, 0.5) is 0 Å². The van der Waals surface area contributed by atoms with E-state index in [0.29, 0.717) is 0 Å². The van der Waals surface area contributed by atoms with Crippen LogP contribution in [0.1, 0.15) is 41.9 Å². The van der Waals surface area contributed by atoms with Gasteiger partial charge in [-0.2, -0.15) is 0 Å². The molecule has 20 heavy (non-hydrogen) atoms. The molecule has 1 heterocycles. The van der Waals surface area contributed by atoms with Gasteiger partial charge in [0.25, 0.3) is 0 Å². The zero-order chi connectivity index (χ0) is 14.5. The molecule has 1 aromatic heterocycles. The van der Waals surface area contributed by atoms with Crippen LogP contribution < -0.4 is 10.1 Å². The van der Waals surface area contributed by atoms with Crippen molar-refractivity contribution in [2.75, 3.05) is 13.7 Å². The number of H-pyrrole nitrogens is 1. The Labute approximate surface area is 120 Å². The highest BCUT2D eigenvalue weighted by molar-refractivity contribution is 5.48. The molecule has 2 N–H and O–H groups in total. The summed E-state index contributed by atoms with van der Waals surface area (Å²) >= 11 is 0. The van der Waals surface area contributed by atoms with Crippen molar-refractivity contribution >= 4 is 0 Å². The van der Waals surface area contributed by atoms with Crippen molar-refractivity contribution in [3.8, 4) is 5.75 Å². The van der Waals surface area contributed by atoms with E-state index < -0.39 is 0 Å². The van der Waals surface area contributed by atoms with Gasteiger partial charge in [0.05, 0.1) is 13.2 Å². The van der Waals surface area contributed by atoms with Gasteiger partial charge >= 0.3 is 0 Å². The van der Waals surface area contributed by atoms with Gasteiger partial charge in [0.2, 0.25) is 0 Å². The molecule has 1 atom stereocenters. The van der Waals surface area contributed by atoms with E-state index in [9.17, 15) is 0 Å². The summed E-state index contributed by atoms with van der Waals surface area (Å²) in [6.45, 7) is 7.28. The lowest BCUT2D eigenvalue weighted by Gasteiger charge is -2.21. The second-order valence-electron chi connectivity index (χ2n) is 4.99. The van der Waals surface area contributed by atoms with E-state index in [-0.39, 0.29) is 6.04 Å². The molecule has 0 saturated carbocycles. The fourth-order valence-corrected chi connectivity index (χ4v) is 2.39. The van der Waals surface area contributed by atoms with E-state index in [1.807, 2.05) is 6.20 Å². The number of hydrogen-bond acceptors (Lipinski definition) is 3. The van der Waals surface area contributed by atoms with Crippen LogP contribution in [-0.4, -0.2) is 23.6 Å². The van der Waals surface area contributed by atoms with Crippen molar-refractivity contribution in [1.82, 2.24) is 15.3 Å². The Bertz CT molecular complexity index is 549. The smallest absolute Gasteiger partial charge is 0.127 e. The molecule has 4 heteroatoms. The predicted octanol–water partition coefficient (Wildman–Crippen LogP) is 3.12. The molecule has 1 aromatic carbocycles. The van der Waals surface area contributed by atoms with Crippen LogP contribution in [0.15, 0.2) is 24.5 Å². The number of benzene rings is 1. The summed E-state index contributed by atoms with van der Waals surface area (Å²) in [6.07, 6.45) is 4.71. The number of imidazole rings is 1. The van der Waals surface area contributed by atoms with Crippen LogP contribution in [0.2, 0.25) is 0 Å². The Morgan fingerprint density at radius 3 is 2.75 bits per heavy atom. The monoisotopic (exact) mass is 273 g/mol. The standard InChI is InChI=1S/C16H23N3O/c1-5-8-17-14(16-18-9-10-19-16)13-7-6-11(2)12(3)15(13)20-4/h6-7,9-10,14,17H,5,8H2,1-4H3,(H,18,19). The molecule has 0 aliphatic rings. The number of nitrogens with one attached hydrogen (secondary N) is 2. The van der Waals surface area contributed by atoms with E-state index in [4.69, 9.17) is 4.74 Å². The number of methoxy groups -OCH3 is 1. The Morgan fingerprint density at radius 1 is 1.35 bits per heavy atom. The van der Waals surface area contributed by atoms with E-state index in [1.165, 1.54) is 11.1 Å². The topological polar surface area (TPSA) is 49.9 Å². The van der Waals surface area contributed by atoms with Crippen molar-refractivity contribution in [2.24, 2.45) is 0 Å². The Morgan fingerprint density at radius 2 is 2.15 bits per heavy atom. The third kappa shape index (κ3) is 2.85. The first-order valence-corrected chi connectivity index (χ1v) is 7.05. The predicted molar refractivity (Wildman–Crippen MR) is 81.2 cm³/mol. The maximum atomic E-state index is 5.63. The molecule has 0 aliphatic heterocycles. The number of aromatic nitrogens is 2. The first kappa shape index (κ1) is 14.6. The fourth-order valence-electron chi connectivity index (χ4n) is 2.39. The van der Waals surface area contributed by atoms with Crippen LogP contribution in [0.25, 0.3) is 0 Å². The van der Waals surface area contributed by atoms with Gasteiger partial charge in [-0.25, -0.2) is 4.98 Å². The average Bonchev–Trinajstić information content (AvgIpc) is 2.97. The van der Waals surface area contributed by atoms with Gasteiger partial charge in [0.1, 0.15) is 11.6 Å². The molecule has 108 valence electrons. The minimum atomic E-state index is 0.0270. The van der Waals surface area contributed by atoms with Gasteiger partial charge in [-0.05, 0) is 37.9 Å². The molecule has 0 saturated heterocycles. The SMILES string of the molecule is CCCNC(c1ncc[nH]1)c1ccc(C)c(C)c1OC. The molecule has 2 aromatic rings. The van der Waals surface area contributed by atoms with Crippen molar-refractivity contribution in [3.05, 3.63) is 47.0 Å². The molecule has 0 spiro atoms. The first-order valence-electron chi connectivity index (χ1n) is 7.05. The summed E-state index contributed by atoms with van der Waals surface area (Å²) in [4.78, 5) is 7.60. The van der Waals surface area contributed by atoms with Crippen LogP contribution in [-0.2, 0) is 0 Å². The molecule has 0 radical (unpaired) electrons. The third-order valence-electron chi connectivity index (χ3n) is 3.61. The van der Waals surface area contributed by atoms with Gasteiger partial charge in [-0.15, -0.1) is 0 Å². The maximum Gasteiger partial charge on any atom is 0.127 e. The Kier molecular flexibility index (Phi) is 4.79. The van der Waals surface area contributed by atoms with Gasteiger partial charge in [-0.3, -0.25) is 0 Å². The second-order valence-corrected chi connectivity index (χ2v) is 4.99. The summed E-state index contributed by atoms with van der Waals surface area (Å²) in [7, 11) is 1.73. The zero-order valence-electron chi connectivity index (χ0n) is 12.7. The van der Waals surface area contributed by atoms with E-state index in [0.717, 1.165) is 30.1 Å². The van der Waals surface area contributed by atoms with Crippen molar-refractivity contribution in [3.63, 3.8) is 0 Å². The third-order valence-corrected chi connectivity index (χ3v) is 3.61. The fraction of sp³-hybridized carbons (Fsp3) is 0.438. The molecule has 2 rings (SSSR count). The van der Waals surface area contributed by atoms with E-state index in [1.54, 1.807) is 13.3 Å². The van der Waals surface area contributed by atoms with Gasteiger partial charge < -0.3 is 15.0 Å². The highest BCUT2D eigenvalue weighted by atomic mass is 16.5. The quantitative estimate of drug-likeness (QED) is 0.850. The number of hydrogen-bond donors (Lipinski definition) is 2. The van der Waals surface area contributed by atoms with Crippen molar-refractivity contribution < 1.29 is 4.74 Å². The van der Waals surface area contributed by atoms with Crippen LogP contribution >= 0.6 is 0 Å². The van der Waals surface area contributed by atoms with Gasteiger partial charge in [0.15, 0.2) is 0 Å². The minimum Gasteiger partial charge on any atom is -0.496 e. The zero-order valence-corrected chi connectivity index (χ0v) is 12.7. The van der Waals surface area contributed by atoms with Gasteiger partial charge in [0, 0.05) is 18.0 Å². The summed E-state index contributed by atoms with van der Waals surface area (Å²) in [5.41, 5.74) is 3.54. The van der Waals surface area contributed by atoms with Crippen LogP contribution in [0, 0.1) is 13.8 Å². The Balaban J connectivity index is 2.46. The normalized spacial score (nSPS) is 12.4. The van der Waals surface area contributed by atoms with Crippen molar-refractivity contribution in [1.29, 1.82) is 0 Å². The first-order chi connectivity index (χ1) is 9.69. The largest absolute Gasteiger partial charge is 0.496 e. The number of rotatable bonds is 6. The second kappa shape index (κ2) is 6.57. The van der Waals surface area contributed by atoms with E-state index in [2.05, 4.69) is 48.2 Å². The lowest BCUT2D eigenvalue weighted by atomic mass is 9.98. The summed E-state index contributed by atoms with van der Waals surface area (Å²) in [5, 5.41) is 3.54. The van der Waals surface area contributed by atoms with Crippen molar-refractivity contribution in [2.45, 2.75) is 33.2 Å². The summed E-state index contributed by atoms with van der Waals surface area (Å²) in [6, 6.07) is 4.28. The summed E-state index contributed by atoms with van der Waals surface area (Å²) < 4.78 is 5.63. The number of aryl methyl sites for hydroxylation is 1. The molecular formula is C16H23N3O. The molecule has 1 unspecified atom stereocenters. The van der Waals surface area contributed by atoms with Gasteiger partial charge in [-0.1, -0.05) is 19.1 Å². The average molecular weight is 273 g/mol. The minimum absolute atomic E-state index is 0.0270. The maximum absolute atomic E-state index is 5.63. The molecule has 0 amide bonds. The van der Waals surface area contributed by atoms with Crippen LogP contribution in [0.5, 0.6) is 5.75 Å². The number of ether oxygens (including phenoxy) is 1. The highest BCUT2D eigenvalue weighted by Crippen LogP contribution is 2.33. The van der Waals surface area contributed by atoms with Crippen LogP contribution in [0.3, 0.4) is 0 Å². The molecule has 0 fully saturated rings. The molecule has 0 aliphatic carbocycles. The lowest BCUT2D eigenvalue weighted by Crippen LogP contribution is -2.25. The highest BCUT2D eigenvalue weighted by Gasteiger charge is 2.21. The van der Waals surface area contributed by atoms with E-state index >= 15 is 0 Å². The molecular weight excluding hydrogens is 250 g/mol. The lowest BCUT2D eigenvalue weighted by molar-refractivity contribution is 0.399.